The minimum absolute atomic E-state index is 0. The Kier molecular flexibility index (Phi) is 2.31. The molecule has 2 N–H and O–H groups in total. The van der Waals surface area contributed by atoms with E-state index in [1.807, 2.05) is 24.4 Å². The molecule has 0 bridgehead atoms. The molecule has 2 heterocycles. The monoisotopic (exact) mass is 198 g/mol. The number of benzene rings is 1. The molecule has 0 amide bonds. The lowest BCUT2D eigenvalue weighted by Crippen LogP contribution is -1.83. The Morgan fingerprint density at radius 2 is 1.60 bits per heavy atom. The van der Waals surface area contributed by atoms with Gasteiger partial charge in [-0.2, -0.15) is 0 Å². The third kappa shape index (κ3) is 1.43. The van der Waals surface area contributed by atoms with Gasteiger partial charge in [-0.1, -0.05) is 24.3 Å². The molecule has 0 saturated carbocycles. The number of pyridine rings is 2. The summed E-state index contributed by atoms with van der Waals surface area (Å²) in [6.07, 6.45) is 3.63. The van der Waals surface area contributed by atoms with Gasteiger partial charge in [0.2, 0.25) is 0 Å². The van der Waals surface area contributed by atoms with E-state index in [2.05, 4.69) is 28.2 Å². The predicted molar refractivity (Wildman–Crippen MR) is 60.7 cm³/mol. The molecule has 0 saturated heterocycles. The molecular formula is C12H10N2O. The zero-order valence-electron chi connectivity index (χ0n) is 8.01. The fourth-order valence-corrected chi connectivity index (χ4v) is 1.70. The van der Waals surface area contributed by atoms with Crippen LogP contribution in [0.3, 0.4) is 0 Å². The van der Waals surface area contributed by atoms with Crippen molar-refractivity contribution in [3.63, 3.8) is 0 Å². The second-order valence-corrected chi connectivity index (χ2v) is 3.22. The van der Waals surface area contributed by atoms with Crippen molar-refractivity contribution < 1.29 is 5.48 Å². The van der Waals surface area contributed by atoms with E-state index in [1.54, 1.807) is 6.20 Å². The molecule has 3 rings (SSSR count). The Hall–Kier alpha value is -2.00. The van der Waals surface area contributed by atoms with Gasteiger partial charge >= 0.3 is 0 Å². The summed E-state index contributed by atoms with van der Waals surface area (Å²) < 4.78 is 0. The lowest BCUT2D eigenvalue weighted by Gasteiger charge is -2.00. The Bertz CT molecular complexity index is 553. The smallest absolute Gasteiger partial charge is 0.159 e. The molecule has 0 aliphatic heterocycles. The van der Waals surface area contributed by atoms with Gasteiger partial charge in [-0.25, -0.2) is 9.97 Å². The number of hydrogen-bond acceptors (Lipinski definition) is 2. The van der Waals surface area contributed by atoms with Gasteiger partial charge in [-0.15, -0.1) is 0 Å². The van der Waals surface area contributed by atoms with Gasteiger partial charge in [-0.05, 0) is 17.5 Å². The lowest BCUT2D eigenvalue weighted by molar-refractivity contribution is 0.824. The third-order valence-electron chi connectivity index (χ3n) is 2.36. The van der Waals surface area contributed by atoms with Gasteiger partial charge < -0.3 is 5.48 Å². The number of rotatable bonds is 0. The van der Waals surface area contributed by atoms with Gasteiger partial charge in [-0.3, -0.25) is 0 Å². The van der Waals surface area contributed by atoms with E-state index >= 15 is 0 Å². The summed E-state index contributed by atoms with van der Waals surface area (Å²) in [5.41, 5.74) is 0.811. The molecule has 0 aliphatic carbocycles. The molecule has 0 spiro atoms. The van der Waals surface area contributed by atoms with Crippen molar-refractivity contribution in [1.29, 1.82) is 0 Å². The van der Waals surface area contributed by atoms with E-state index in [9.17, 15) is 0 Å². The Balaban J connectivity index is 0.000000853. The van der Waals surface area contributed by atoms with Crippen LogP contribution in [-0.2, 0) is 0 Å². The van der Waals surface area contributed by atoms with E-state index < -0.39 is 0 Å². The molecule has 3 nitrogen and oxygen atoms in total. The van der Waals surface area contributed by atoms with E-state index in [4.69, 9.17) is 0 Å². The van der Waals surface area contributed by atoms with Crippen LogP contribution in [0.15, 0.2) is 48.8 Å². The van der Waals surface area contributed by atoms with Crippen molar-refractivity contribution >= 4 is 21.8 Å². The van der Waals surface area contributed by atoms with E-state index in [1.165, 1.54) is 5.39 Å². The fraction of sp³-hybridized carbons (Fsp3) is 0. The fourth-order valence-electron chi connectivity index (χ4n) is 1.70. The Labute approximate surface area is 86.7 Å². The molecule has 0 fully saturated rings. The second-order valence-electron chi connectivity index (χ2n) is 3.22. The van der Waals surface area contributed by atoms with Gasteiger partial charge in [0.25, 0.3) is 0 Å². The zero-order valence-corrected chi connectivity index (χ0v) is 8.01. The van der Waals surface area contributed by atoms with Gasteiger partial charge in [0.15, 0.2) is 5.65 Å². The number of nitrogens with zero attached hydrogens (tertiary/aromatic N) is 2. The van der Waals surface area contributed by atoms with E-state index in [0.717, 1.165) is 16.4 Å². The van der Waals surface area contributed by atoms with Crippen LogP contribution in [0.1, 0.15) is 0 Å². The molecule has 15 heavy (non-hydrogen) atoms. The van der Waals surface area contributed by atoms with Crippen molar-refractivity contribution in [2.45, 2.75) is 0 Å². The first-order valence-corrected chi connectivity index (χ1v) is 4.53. The molecule has 2 aromatic heterocycles. The summed E-state index contributed by atoms with van der Waals surface area (Å²) in [7, 11) is 0. The molecular weight excluding hydrogens is 188 g/mol. The molecule has 0 radical (unpaired) electrons. The average molecular weight is 198 g/mol. The highest BCUT2D eigenvalue weighted by molar-refractivity contribution is 6.03. The Morgan fingerprint density at radius 3 is 2.53 bits per heavy atom. The van der Waals surface area contributed by atoms with Crippen molar-refractivity contribution in [3.05, 3.63) is 48.8 Å². The van der Waals surface area contributed by atoms with Crippen LogP contribution < -0.4 is 0 Å². The van der Waals surface area contributed by atoms with Crippen LogP contribution in [0.4, 0.5) is 0 Å². The lowest BCUT2D eigenvalue weighted by atomic mass is 10.1. The minimum Gasteiger partial charge on any atom is -0.412 e. The molecule has 74 valence electrons. The van der Waals surface area contributed by atoms with Crippen LogP contribution >= 0.6 is 0 Å². The number of aromatic nitrogens is 2. The Morgan fingerprint density at radius 1 is 0.800 bits per heavy atom. The minimum atomic E-state index is 0. The maximum atomic E-state index is 4.30. The van der Waals surface area contributed by atoms with Gasteiger partial charge in [0.05, 0.1) is 0 Å². The van der Waals surface area contributed by atoms with Crippen LogP contribution in [0.5, 0.6) is 0 Å². The molecule has 0 atom stereocenters. The summed E-state index contributed by atoms with van der Waals surface area (Å²) in [6, 6.07) is 12.2. The van der Waals surface area contributed by atoms with Crippen molar-refractivity contribution in [2.24, 2.45) is 0 Å². The van der Waals surface area contributed by atoms with Gasteiger partial charge in [0.1, 0.15) is 0 Å². The molecule has 1 aromatic carbocycles. The summed E-state index contributed by atoms with van der Waals surface area (Å²) in [5.74, 6) is 0. The van der Waals surface area contributed by atoms with Crippen molar-refractivity contribution in [1.82, 2.24) is 9.97 Å². The summed E-state index contributed by atoms with van der Waals surface area (Å²) in [5, 5.41) is 3.49. The van der Waals surface area contributed by atoms with Crippen LogP contribution in [0.2, 0.25) is 0 Å². The highest BCUT2D eigenvalue weighted by Gasteiger charge is 1.99. The van der Waals surface area contributed by atoms with E-state index in [-0.39, 0.29) is 5.48 Å². The van der Waals surface area contributed by atoms with Crippen molar-refractivity contribution in [2.75, 3.05) is 0 Å². The predicted octanol–water partition coefficient (Wildman–Crippen LogP) is 1.96. The van der Waals surface area contributed by atoms with Crippen LogP contribution in [-0.4, -0.2) is 15.4 Å². The number of hydrogen-bond donors (Lipinski definition) is 0. The number of fused-ring (bicyclic) bond motifs is 3. The van der Waals surface area contributed by atoms with Crippen LogP contribution in [0, 0.1) is 0 Å². The average Bonchev–Trinajstić information content (AvgIpc) is 2.29. The maximum absolute atomic E-state index is 4.30. The standard InChI is InChI=1S/C12H8N2.H2O/c1-2-5-10-9(4-1)8-14-12-11(10)6-3-7-13-12;/h1-8H;1H2. The van der Waals surface area contributed by atoms with Crippen LogP contribution in [0.25, 0.3) is 21.8 Å². The quantitative estimate of drug-likeness (QED) is 0.518. The van der Waals surface area contributed by atoms with Gasteiger partial charge in [0, 0.05) is 23.2 Å². The summed E-state index contributed by atoms with van der Waals surface area (Å²) in [6.45, 7) is 0. The second kappa shape index (κ2) is 3.63. The normalized spacial score (nSPS) is 10.1. The first-order valence-electron chi connectivity index (χ1n) is 4.53. The first-order chi connectivity index (χ1) is 6.95. The highest BCUT2D eigenvalue weighted by atomic mass is 16.0. The van der Waals surface area contributed by atoms with Crippen molar-refractivity contribution in [3.8, 4) is 0 Å². The molecule has 3 aromatic rings. The summed E-state index contributed by atoms with van der Waals surface area (Å²) in [4.78, 5) is 8.52. The maximum Gasteiger partial charge on any atom is 0.159 e. The highest BCUT2D eigenvalue weighted by Crippen LogP contribution is 2.20. The first kappa shape index (κ1) is 9.55. The SMILES string of the molecule is O.c1ccc2c(c1)cnc1ncccc12. The largest absolute Gasteiger partial charge is 0.412 e. The molecule has 0 aliphatic rings. The topological polar surface area (TPSA) is 57.3 Å². The summed E-state index contributed by atoms with van der Waals surface area (Å²) >= 11 is 0. The molecule has 3 heteroatoms. The third-order valence-corrected chi connectivity index (χ3v) is 2.36. The zero-order chi connectivity index (χ0) is 9.38. The van der Waals surface area contributed by atoms with E-state index in [0.29, 0.717) is 0 Å². The molecule has 0 unspecified atom stereocenters.